The lowest BCUT2D eigenvalue weighted by Gasteiger charge is -2.04. The van der Waals surface area contributed by atoms with Crippen molar-refractivity contribution in [2.75, 3.05) is 5.43 Å². The minimum atomic E-state index is -0.982. The van der Waals surface area contributed by atoms with E-state index in [1.165, 1.54) is 24.3 Å². The van der Waals surface area contributed by atoms with Gasteiger partial charge in [0.1, 0.15) is 0 Å². The molecule has 0 unspecified atom stereocenters. The molecule has 0 saturated heterocycles. The van der Waals surface area contributed by atoms with Crippen molar-refractivity contribution in [3.05, 3.63) is 65.2 Å². The predicted molar refractivity (Wildman–Crippen MR) is 82.6 cm³/mol. The van der Waals surface area contributed by atoms with Gasteiger partial charge in [0, 0.05) is 0 Å². The summed E-state index contributed by atoms with van der Waals surface area (Å²) in [5.74, 6) is -1.96. The van der Waals surface area contributed by atoms with Gasteiger partial charge < -0.3 is 10.2 Å². The van der Waals surface area contributed by atoms with Crippen LogP contribution in [-0.2, 0) is 0 Å². The Morgan fingerprint density at radius 2 is 1.23 bits per heavy atom. The number of carbonyl (C=O) groups is 2. The van der Waals surface area contributed by atoms with Crippen molar-refractivity contribution in [2.45, 2.75) is 6.92 Å². The molecule has 0 saturated carbocycles. The Hall–Kier alpha value is -3.15. The molecule has 0 aromatic heterocycles. The molecule has 2 aromatic carbocycles. The Labute approximate surface area is 126 Å². The summed E-state index contributed by atoms with van der Waals surface area (Å²) in [7, 11) is 0. The molecule has 0 fully saturated rings. The molecule has 0 amide bonds. The van der Waals surface area contributed by atoms with Crippen molar-refractivity contribution in [3.63, 3.8) is 0 Å². The Morgan fingerprint density at radius 1 is 0.818 bits per heavy atom. The van der Waals surface area contributed by atoms with Gasteiger partial charge in [-0.15, -0.1) is 0 Å². The van der Waals surface area contributed by atoms with Crippen molar-refractivity contribution in [1.82, 2.24) is 0 Å². The van der Waals surface area contributed by atoms with Crippen LogP contribution >= 0.6 is 0 Å². The van der Waals surface area contributed by atoms with Gasteiger partial charge in [0.2, 0.25) is 0 Å². The Kier molecular flexibility index (Phi) is 4.53. The van der Waals surface area contributed by atoms with Gasteiger partial charge in [-0.1, -0.05) is 12.1 Å². The molecule has 3 N–H and O–H groups in total. The quantitative estimate of drug-likeness (QED) is 0.582. The topological polar surface area (TPSA) is 99.0 Å². The number of hydrogen-bond acceptors (Lipinski definition) is 4. The molecule has 0 bridgehead atoms. The highest BCUT2D eigenvalue weighted by Crippen LogP contribution is 2.11. The highest BCUT2D eigenvalue weighted by Gasteiger charge is 2.04. The van der Waals surface area contributed by atoms with Crippen LogP contribution in [-0.4, -0.2) is 27.9 Å². The predicted octanol–water partition coefficient (Wildman–Crippen LogP) is 2.92. The van der Waals surface area contributed by atoms with E-state index in [9.17, 15) is 9.59 Å². The maximum Gasteiger partial charge on any atom is 0.335 e. The molecule has 0 atom stereocenters. The average Bonchev–Trinajstić information content (AvgIpc) is 2.53. The first-order valence-electron chi connectivity index (χ1n) is 6.45. The standard InChI is InChI=1S/C16H14N2O4/c1-10(11-2-4-12(5-3-11)15(19)20)17-18-14-8-6-13(7-9-14)16(21)22/h2-9,18H,1H3,(H,19,20)(H,21,22)/b17-10+. The van der Waals surface area contributed by atoms with Gasteiger partial charge >= 0.3 is 11.9 Å². The zero-order chi connectivity index (χ0) is 16.1. The monoisotopic (exact) mass is 298 g/mol. The molecule has 0 spiro atoms. The van der Waals surface area contributed by atoms with Gasteiger partial charge in [-0.25, -0.2) is 9.59 Å². The van der Waals surface area contributed by atoms with Crippen molar-refractivity contribution in [3.8, 4) is 0 Å². The SMILES string of the molecule is C/C(=N\Nc1ccc(C(=O)O)cc1)c1ccc(C(=O)O)cc1. The molecule has 0 heterocycles. The highest BCUT2D eigenvalue weighted by molar-refractivity contribution is 6.00. The van der Waals surface area contributed by atoms with Gasteiger partial charge in [0.15, 0.2) is 0 Å². The lowest BCUT2D eigenvalue weighted by Crippen LogP contribution is -2.02. The molecule has 2 aromatic rings. The van der Waals surface area contributed by atoms with Crippen LogP contribution in [0.25, 0.3) is 0 Å². The van der Waals surface area contributed by atoms with Gasteiger partial charge in [-0.05, 0) is 48.9 Å². The van der Waals surface area contributed by atoms with Crippen molar-refractivity contribution < 1.29 is 19.8 Å². The fraction of sp³-hybridized carbons (Fsp3) is 0.0625. The van der Waals surface area contributed by atoms with Crippen LogP contribution in [0.3, 0.4) is 0 Å². The minimum Gasteiger partial charge on any atom is -0.478 e. The van der Waals surface area contributed by atoms with Gasteiger partial charge in [0.25, 0.3) is 0 Å². The normalized spacial score (nSPS) is 11.0. The first-order valence-corrected chi connectivity index (χ1v) is 6.45. The Balaban J connectivity index is 2.08. The molecular weight excluding hydrogens is 284 g/mol. The van der Waals surface area contributed by atoms with Crippen molar-refractivity contribution in [1.29, 1.82) is 0 Å². The largest absolute Gasteiger partial charge is 0.478 e. The number of carboxylic acids is 2. The number of hydrazone groups is 1. The number of nitrogens with zero attached hydrogens (tertiary/aromatic N) is 1. The number of rotatable bonds is 5. The van der Waals surface area contributed by atoms with Crippen LogP contribution in [0.1, 0.15) is 33.2 Å². The highest BCUT2D eigenvalue weighted by atomic mass is 16.4. The van der Waals surface area contributed by atoms with Crippen LogP contribution < -0.4 is 5.43 Å². The summed E-state index contributed by atoms with van der Waals surface area (Å²) in [4.78, 5) is 21.5. The van der Waals surface area contributed by atoms with E-state index in [2.05, 4.69) is 10.5 Å². The maximum absolute atomic E-state index is 10.8. The fourth-order valence-corrected chi connectivity index (χ4v) is 1.75. The summed E-state index contributed by atoms with van der Waals surface area (Å²) in [6.07, 6.45) is 0. The first kappa shape index (κ1) is 15.2. The maximum atomic E-state index is 10.8. The molecular formula is C16H14N2O4. The summed E-state index contributed by atoms with van der Waals surface area (Å²) in [6.45, 7) is 1.79. The van der Waals surface area contributed by atoms with Crippen LogP contribution in [0.15, 0.2) is 53.6 Å². The van der Waals surface area contributed by atoms with Crippen molar-refractivity contribution >= 4 is 23.3 Å². The Morgan fingerprint density at radius 3 is 1.68 bits per heavy atom. The lowest BCUT2D eigenvalue weighted by atomic mass is 10.1. The average molecular weight is 298 g/mol. The number of benzene rings is 2. The fourth-order valence-electron chi connectivity index (χ4n) is 1.75. The van der Waals surface area contributed by atoms with E-state index in [4.69, 9.17) is 10.2 Å². The summed E-state index contributed by atoms with van der Waals surface area (Å²) in [5.41, 5.74) is 5.38. The van der Waals surface area contributed by atoms with Crippen LogP contribution in [0.2, 0.25) is 0 Å². The molecule has 22 heavy (non-hydrogen) atoms. The Bertz CT molecular complexity index is 719. The lowest BCUT2D eigenvalue weighted by molar-refractivity contribution is 0.0686. The van der Waals surface area contributed by atoms with E-state index in [0.717, 1.165) is 5.56 Å². The van der Waals surface area contributed by atoms with E-state index in [1.54, 1.807) is 31.2 Å². The number of hydrogen-bond donors (Lipinski definition) is 3. The molecule has 0 aliphatic rings. The van der Waals surface area contributed by atoms with Gasteiger partial charge in [0.05, 0.1) is 22.5 Å². The molecule has 0 aliphatic carbocycles. The molecule has 0 aliphatic heterocycles. The van der Waals surface area contributed by atoms with Crippen LogP contribution in [0.5, 0.6) is 0 Å². The summed E-state index contributed by atoms with van der Waals surface area (Å²) in [6, 6.07) is 12.6. The van der Waals surface area contributed by atoms with Crippen LogP contribution in [0, 0.1) is 0 Å². The zero-order valence-electron chi connectivity index (χ0n) is 11.8. The zero-order valence-corrected chi connectivity index (χ0v) is 11.8. The molecule has 2 rings (SSSR count). The van der Waals surface area contributed by atoms with E-state index in [1.807, 2.05) is 0 Å². The van der Waals surface area contributed by atoms with E-state index >= 15 is 0 Å². The number of carboxylic acid groups (broad SMARTS) is 2. The second-order valence-corrected chi connectivity index (χ2v) is 4.57. The molecule has 6 heteroatoms. The smallest absolute Gasteiger partial charge is 0.335 e. The number of aromatic carboxylic acids is 2. The minimum absolute atomic E-state index is 0.204. The number of nitrogens with one attached hydrogen (secondary N) is 1. The third-order valence-electron chi connectivity index (χ3n) is 3.03. The molecule has 6 nitrogen and oxygen atoms in total. The van der Waals surface area contributed by atoms with Gasteiger partial charge in [-0.2, -0.15) is 5.10 Å². The molecule has 0 radical (unpaired) electrons. The summed E-state index contributed by atoms with van der Waals surface area (Å²) >= 11 is 0. The van der Waals surface area contributed by atoms with Gasteiger partial charge in [-0.3, -0.25) is 5.43 Å². The molecule has 112 valence electrons. The first-order chi connectivity index (χ1) is 10.5. The van der Waals surface area contributed by atoms with E-state index in [0.29, 0.717) is 11.4 Å². The number of anilines is 1. The summed E-state index contributed by atoms with van der Waals surface area (Å²) < 4.78 is 0. The third-order valence-corrected chi connectivity index (χ3v) is 3.03. The summed E-state index contributed by atoms with van der Waals surface area (Å²) in [5, 5.41) is 21.8. The van der Waals surface area contributed by atoms with Crippen LogP contribution in [0.4, 0.5) is 5.69 Å². The van der Waals surface area contributed by atoms with Crippen molar-refractivity contribution in [2.24, 2.45) is 5.10 Å². The van der Waals surface area contributed by atoms with E-state index in [-0.39, 0.29) is 11.1 Å². The second-order valence-electron chi connectivity index (χ2n) is 4.57. The van der Waals surface area contributed by atoms with E-state index < -0.39 is 11.9 Å². The second kappa shape index (κ2) is 6.53. The third kappa shape index (κ3) is 3.69.